The zero-order chi connectivity index (χ0) is 39.4. The summed E-state index contributed by atoms with van der Waals surface area (Å²) in [4.78, 5) is 2.58. The van der Waals surface area contributed by atoms with Gasteiger partial charge >= 0.3 is 0 Å². The van der Waals surface area contributed by atoms with E-state index >= 15 is 0 Å². The lowest BCUT2D eigenvalue weighted by Gasteiger charge is -2.46. The van der Waals surface area contributed by atoms with Crippen LogP contribution in [0.2, 0.25) is 0 Å². The molecule has 1 aliphatic carbocycles. The summed E-state index contributed by atoms with van der Waals surface area (Å²) in [5, 5.41) is 3.93. The van der Waals surface area contributed by atoms with Gasteiger partial charge in [-0.3, -0.25) is 0 Å². The van der Waals surface area contributed by atoms with E-state index in [2.05, 4.69) is 213 Å². The quantitative estimate of drug-likeness (QED) is 0.126. The standard InChI is InChI=1S/C53H55BN2/c1-9-34(2)18-11-10-12-19-38-36(4)30-41(40-21-17-24-46-50(33-54)56(51(38)40)49-25-16-15-23-45(49)53(46,7)8)43-31-42-39-20-13-14-22-44(39)52(5,6)47(42)32-48(43)55-37-28-26-35(3)27-29-37/h10-18,20-34,55H,9,19,54H2,1-8H3/b12-10-,18-11-,21-17-,46-24?,50-33-. The van der Waals surface area contributed by atoms with Gasteiger partial charge in [0.15, 0.2) is 0 Å². The van der Waals surface area contributed by atoms with Crippen LogP contribution in [0.5, 0.6) is 0 Å². The van der Waals surface area contributed by atoms with Crippen molar-refractivity contribution in [1.82, 2.24) is 0 Å². The summed E-state index contributed by atoms with van der Waals surface area (Å²) < 4.78 is 0. The van der Waals surface area contributed by atoms with E-state index in [9.17, 15) is 0 Å². The van der Waals surface area contributed by atoms with E-state index in [1.807, 2.05) is 0 Å². The molecule has 0 spiro atoms. The van der Waals surface area contributed by atoms with Gasteiger partial charge in [-0.1, -0.05) is 163 Å². The lowest BCUT2D eigenvalue weighted by molar-refractivity contribution is 0.613. The number of aryl methyl sites for hydroxylation is 2. The maximum Gasteiger partial charge on any atom is 0.132 e. The molecule has 3 heteroatoms. The first-order valence-corrected chi connectivity index (χ1v) is 20.5. The number of nitrogens with one attached hydrogen (secondary N) is 1. The lowest BCUT2D eigenvalue weighted by Crippen LogP contribution is -2.36. The van der Waals surface area contributed by atoms with E-state index in [4.69, 9.17) is 0 Å². The number of hydrogen-bond acceptors (Lipinski definition) is 2. The molecule has 0 fully saturated rings. The van der Waals surface area contributed by atoms with Gasteiger partial charge in [-0.05, 0) is 107 Å². The van der Waals surface area contributed by atoms with Crippen molar-refractivity contribution >= 4 is 36.7 Å². The van der Waals surface area contributed by atoms with E-state index in [0.717, 1.165) is 24.2 Å². The van der Waals surface area contributed by atoms with Crippen molar-refractivity contribution in [1.29, 1.82) is 0 Å². The Balaban J connectivity index is 1.43. The van der Waals surface area contributed by atoms with Crippen molar-refractivity contribution in [2.45, 2.75) is 79.1 Å². The molecule has 280 valence electrons. The van der Waals surface area contributed by atoms with Gasteiger partial charge in [-0.2, -0.15) is 0 Å². The monoisotopic (exact) mass is 730 g/mol. The predicted molar refractivity (Wildman–Crippen MR) is 245 cm³/mol. The van der Waals surface area contributed by atoms with Crippen molar-refractivity contribution in [3.05, 3.63) is 184 Å². The molecule has 3 aliphatic rings. The Labute approximate surface area is 336 Å². The van der Waals surface area contributed by atoms with Gasteiger partial charge in [0.25, 0.3) is 0 Å². The average Bonchev–Trinajstić information content (AvgIpc) is 3.41. The summed E-state index contributed by atoms with van der Waals surface area (Å²) in [6, 6.07) is 34.2. The van der Waals surface area contributed by atoms with Crippen LogP contribution in [0, 0.1) is 19.8 Å². The number of para-hydroxylation sites is 1. The zero-order valence-corrected chi connectivity index (χ0v) is 34.7. The molecular weight excluding hydrogens is 675 g/mol. The van der Waals surface area contributed by atoms with Gasteiger partial charge in [-0.15, -0.1) is 0 Å². The number of hydrogen-bond donors (Lipinski definition) is 1. The van der Waals surface area contributed by atoms with Crippen LogP contribution in [-0.2, 0) is 17.3 Å². The topological polar surface area (TPSA) is 15.3 Å². The van der Waals surface area contributed by atoms with Crippen molar-refractivity contribution in [2.75, 3.05) is 10.2 Å². The Morgan fingerprint density at radius 3 is 2.25 bits per heavy atom. The van der Waals surface area contributed by atoms with Crippen LogP contribution in [0.25, 0.3) is 28.3 Å². The van der Waals surface area contributed by atoms with Crippen molar-refractivity contribution in [3.8, 4) is 22.3 Å². The highest BCUT2D eigenvalue weighted by Gasteiger charge is 2.41. The van der Waals surface area contributed by atoms with Gasteiger partial charge in [0.1, 0.15) is 7.85 Å². The highest BCUT2D eigenvalue weighted by Crippen LogP contribution is 2.56. The van der Waals surface area contributed by atoms with Gasteiger partial charge in [0, 0.05) is 39.0 Å². The third-order valence-corrected chi connectivity index (χ3v) is 12.7. The summed E-state index contributed by atoms with van der Waals surface area (Å²) in [7, 11) is 2.20. The fourth-order valence-electron chi connectivity index (χ4n) is 9.26. The van der Waals surface area contributed by atoms with Crippen LogP contribution in [0.1, 0.15) is 86.9 Å². The molecule has 1 unspecified atom stereocenters. The van der Waals surface area contributed by atoms with Gasteiger partial charge in [0.2, 0.25) is 0 Å². The summed E-state index contributed by atoms with van der Waals surface area (Å²) in [6.07, 6.45) is 18.1. The van der Waals surface area contributed by atoms with Crippen molar-refractivity contribution in [2.24, 2.45) is 5.92 Å². The normalized spacial score (nSPS) is 17.8. The largest absolute Gasteiger partial charge is 0.355 e. The number of allylic oxidation sites excluding steroid dienone is 7. The Morgan fingerprint density at radius 1 is 0.768 bits per heavy atom. The molecule has 56 heavy (non-hydrogen) atoms. The minimum absolute atomic E-state index is 0.120. The molecular formula is C53H55BN2. The molecule has 0 radical (unpaired) electrons. The fourth-order valence-corrected chi connectivity index (χ4v) is 9.26. The molecule has 2 aliphatic heterocycles. The number of benzene rings is 5. The number of anilines is 4. The fraction of sp³-hybridized carbons (Fsp3) is 0.245. The van der Waals surface area contributed by atoms with Crippen LogP contribution in [-0.4, -0.2) is 7.85 Å². The molecule has 8 rings (SSSR count). The third kappa shape index (κ3) is 6.22. The first kappa shape index (κ1) is 37.4. The molecule has 0 saturated carbocycles. The first-order valence-electron chi connectivity index (χ1n) is 20.5. The first-order chi connectivity index (χ1) is 26.9. The van der Waals surface area contributed by atoms with Crippen LogP contribution in [0.15, 0.2) is 145 Å². The lowest BCUT2D eigenvalue weighted by atomic mass is 9.70. The maximum absolute atomic E-state index is 3.93. The van der Waals surface area contributed by atoms with Gasteiger partial charge in [0.05, 0.1) is 11.4 Å². The molecule has 0 saturated heterocycles. The predicted octanol–water partition coefficient (Wildman–Crippen LogP) is 13.6. The Kier molecular flexibility index (Phi) is 9.69. The second-order valence-corrected chi connectivity index (χ2v) is 17.1. The minimum atomic E-state index is -0.157. The van der Waals surface area contributed by atoms with Crippen molar-refractivity contribution < 1.29 is 0 Å². The smallest absolute Gasteiger partial charge is 0.132 e. The summed E-state index contributed by atoms with van der Waals surface area (Å²) in [5.41, 5.74) is 21.3. The Hall–Kier alpha value is -5.54. The highest BCUT2D eigenvalue weighted by atomic mass is 15.2. The van der Waals surface area contributed by atoms with Crippen molar-refractivity contribution in [3.63, 3.8) is 0 Å². The average molecular weight is 731 g/mol. The second-order valence-electron chi connectivity index (χ2n) is 17.1. The SMILES string of the molecule is B/C=C1C2=C/C=C\c3c(-c4cc5c(cc4Nc4ccc(C)cc4)C(C)(C)c4ccccc4-5)cc(C)c(C/C=C\C=C/C(C)CC)c3N/1c1ccccc1C2(C)C. The van der Waals surface area contributed by atoms with E-state index in [0.29, 0.717) is 5.92 Å². The van der Waals surface area contributed by atoms with E-state index in [1.165, 1.54) is 83.8 Å². The van der Waals surface area contributed by atoms with E-state index in [1.54, 1.807) is 0 Å². The van der Waals surface area contributed by atoms with Gasteiger partial charge < -0.3 is 10.2 Å². The van der Waals surface area contributed by atoms with E-state index < -0.39 is 0 Å². The molecule has 0 amide bonds. The van der Waals surface area contributed by atoms with Crippen LogP contribution >= 0.6 is 0 Å². The third-order valence-electron chi connectivity index (χ3n) is 12.7. The molecule has 2 heterocycles. The Bertz CT molecular complexity index is 2500. The maximum atomic E-state index is 3.93. The minimum Gasteiger partial charge on any atom is -0.355 e. The summed E-state index contributed by atoms with van der Waals surface area (Å²) in [5.74, 6) is 2.89. The molecule has 2 bridgehead atoms. The van der Waals surface area contributed by atoms with Crippen LogP contribution in [0.4, 0.5) is 22.7 Å². The zero-order valence-electron chi connectivity index (χ0n) is 34.7. The highest BCUT2D eigenvalue weighted by molar-refractivity contribution is 6.18. The molecule has 1 N–H and O–H groups in total. The van der Waals surface area contributed by atoms with Gasteiger partial charge in [-0.25, -0.2) is 0 Å². The van der Waals surface area contributed by atoms with E-state index in [-0.39, 0.29) is 10.8 Å². The second kappa shape index (κ2) is 14.5. The molecule has 5 aromatic carbocycles. The number of nitrogens with zero attached hydrogens (tertiary/aromatic N) is 1. The molecule has 0 aromatic heterocycles. The summed E-state index contributed by atoms with van der Waals surface area (Å²) >= 11 is 0. The number of rotatable bonds is 8. The Morgan fingerprint density at radius 2 is 1.50 bits per heavy atom. The molecule has 2 nitrogen and oxygen atoms in total. The molecule has 1 atom stereocenters. The number of fused-ring (bicyclic) bond motifs is 9. The summed E-state index contributed by atoms with van der Waals surface area (Å²) in [6.45, 7) is 18.5. The molecule has 5 aromatic rings. The van der Waals surface area contributed by atoms with Crippen LogP contribution in [0.3, 0.4) is 0 Å². The van der Waals surface area contributed by atoms with Crippen LogP contribution < -0.4 is 10.2 Å².